The van der Waals surface area contributed by atoms with E-state index in [0.717, 1.165) is 38.2 Å². The van der Waals surface area contributed by atoms with Gasteiger partial charge in [0.25, 0.3) is 0 Å². The van der Waals surface area contributed by atoms with E-state index in [1.54, 1.807) is 0 Å². The Labute approximate surface area is 85.0 Å². The number of nitrogens with zero attached hydrogens (tertiary/aromatic N) is 2. The number of hydrogen-bond donors (Lipinski definition) is 2. The summed E-state index contributed by atoms with van der Waals surface area (Å²) in [6.07, 6.45) is 6.66. The van der Waals surface area contributed by atoms with Crippen LogP contribution in [0.3, 0.4) is 0 Å². The Morgan fingerprint density at radius 2 is 2.29 bits per heavy atom. The molecule has 0 aliphatic rings. The summed E-state index contributed by atoms with van der Waals surface area (Å²) in [5, 5.41) is 11.9. The van der Waals surface area contributed by atoms with Crippen LogP contribution in [-0.2, 0) is 13.5 Å². The summed E-state index contributed by atoms with van der Waals surface area (Å²) in [6.45, 7) is 2.22. The molecule has 14 heavy (non-hydrogen) atoms. The number of unbranched alkanes of at least 4 members (excludes halogenated alkanes) is 1. The van der Waals surface area contributed by atoms with E-state index in [4.69, 9.17) is 5.11 Å². The molecule has 1 heterocycles. The maximum atomic E-state index is 8.57. The lowest BCUT2D eigenvalue weighted by atomic mass is 10.3. The van der Waals surface area contributed by atoms with Gasteiger partial charge in [-0.1, -0.05) is 0 Å². The highest BCUT2D eigenvalue weighted by atomic mass is 16.2. The van der Waals surface area contributed by atoms with Crippen LogP contribution in [0, 0.1) is 0 Å². The zero-order valence-corrected chi connectivity index (χ0v) is 8.74. The summed E-state index contributed by atoms with van der Waals surface area (Å²) in [5.74, 6) is 1.11. The Morgan fingerprint density at radius 3 is 2.93 bits per heavy atom. The van der Waals surface area contributed by atoms with Crippen molar-refractivity contribution in [2.24, 2.45) is 7.05 Å². The first-order valence-electron chi connectivity index (χ1n) is 5.12. The average Bonchev–Trinajstić information content (AvgIpc) is 2.58. The molecule has 0 atom stereocenters. The van der Waals surface area contributed by atoms with E-state index in [9.17, 15) is 0 Å². The lowest BCUT2D eigenvalue weighted by molar-refractivity contribution is 0.284. The van der Waals surface area contributed by atoms with Gasteiger partial charge < -0.3 is 15.0 Å². The molecular weight excluding hydrogens is 178 g/mol. The molecule has 0 radical (unpaired) electrons. The van der Waals surface area contributed by atoms with Crippen molar-refractivity contribution in [2.75, 3.05) is 19.7 Å². The molecule has 0 saturated heterocycles. The first kappa shape index (κ1) is 11.2. The zero-order valence-electron chi connectivity index (χ0n) is 8.74. The molecule has 1 aromatic rings. The molecule has 1 rings (SSSR count). The number of aromatic nitrogens is 2. The third-order valence-electron chi connectivity index (χ3n) is 2.21. The van der Waals surface area contributed by atoms with Crippen LogP contribution in [-0.4, -0.2) is 34.4 Å². The van der Waals surface area contributed by atoms with Crippen LogP contribution in [0.2, 0.25) is 0 Å². The third kappa shape index (κ3) is 3.89. The predicted molar refractivity (Wildman–Crippen MR) is 56.1 cm³/mol. The Kier molecular flexibility index (Phi) is 5.25. The summed E-state index contributed by atoms with van der Waals surface area (Å²) >= 11 is 0. The number of nitrogens with one attached hydrogen (secondary N) is 1. The van der Waals surface area contributed by atoms with Gasteiger partial charge in [-0.2, -0.15) is 0 Å². The van der Waals surface area contributed by atoms with Crippen LogP contribution in [0.5, 0.6) is 0 Å². The quantitative estimate of drug-likeness (QED) is 0.619. The molecule has 1 aromatic heterocycles. The van der Waals surface area contributed by atoms with Gasteiger partial charge in [0.2, 0.25) is 0 Å². The summed E-state index contributed by atoms with van der Waals surface area (Å²) in [6, 6.07) is 0. The maximum Gasteiger partial charge on any atom is 0.109 e. The van der Waals surface area contributed by atoms with Gasteiger partial charge in [0, 0.05) is 39.0 Å². The van der Waals surface area contributed by atoms with Gasteiger partial charge in [0.05, 0.1) is 0 Å². The molecule has 0 unspecified atom stereocenters. The highest BCUT2D eigenvalue weighted by Gasteiger charge is 1.97. The minimum Gasteiger partial charge on any atom is -0.396 e. The average molecular weight is 197 g/mol. The number of hydrogen-bond acceptors (Lipinski definition) is 3. The monoisotopic (exact) mass is 197 g/mol. The smallest absolute Gasteiger partial charge is 0.109 e. The lowest BCUT2D eigenvalue weighted by Crippen LogP contribution is -2.19. The Bertz CT molecular complexity index is 247. The largest absolute Gasteiger partial charge is 0.396 e. The molecular formula is C10H19N3O. The van der Waals surface area contributed by atoms with Gasteiger partial charge in [-0.15, -0.1) is 0 Å². The summed E-state index contributed by atoms with van der Waals surface area (Å²) in [5.41, 5.74) is 0. The van der Waals surface area contributed by atoms with Gasteiger partial charge in [0.15, 0.2) is 0 Å². The highest BCUT2D eigenvalue weighted by molar-refractivity contribution is 4.91. The lowest BCUT2D eigenvalue weighted by Gasteiger charge is -2.04. The fourth-order valence-electron chi connectivity index (χ4n) is 1.32. The van der Waals surface area contributed by atoms with E-state index in [2.05, 4.69) is 10.3 Å². The molecule has 0 amide bonds. The van der Waals surface area contributed by atoms with Crippen molar-refractivity contribution in [1.29, 1.82) is 0 Å². The summed E-state index contributed by atoms with van der Waals surface area (Å²) in [7, 11) is 2.01. The second kappa shape index (κ2) is 6.56. The van der Waals surface area contributed by atoms with Crippen LogP contribution >= 0.6 is 0 Å². The zero-order chi connectivity index (χ0) is 10.2. The van der Waals surface area contributed by atoms with Crippen molar-refractivity contribution in [3.8, 4) is 0 Å². The molecule has 0 saturated carbocycles. The van der Waals surface area contributed by atoms with E-state index >= 15 is 0 Å². The van der Waals surface area contributed by atoms with Crippen molar-refractivity contribution < 1.29 is 5.11 Å². The van der Waals surface area contributed by atoms with Crippen LogP contribution < -0.4 is 5.32 Å². The Hall–Kier alpha value is -0.870. The van der Waals surface area contributed by atoms with Crippen LogP contribution in [0.25, 0.3) is 0 Å². The van der Waals surface area contributed by atoms with Crippen molar-refractivity contribution in [1.82, 2.24) is 14.9 Å². The van der Waals surface area contributed by atoms with Gasteiger partial charge in [0.1, 0.15) is 5.82 Å². The van der Waals surface area contributed by atoms with Crippen LogP contribution in [0.1, 0.15) is 18.7 Å². The number of rotatable bonds is 7. The normalized spacial score (nSPS) is 10.7. The van der Waals surface area contributed by atoms with Crippen molar-refractivity contribution in [3.63, 3.8) is 0 Å². The topological polar surface area (TPSA) is 50.1 Å². The SMILES string of the molecule is Cn1ccnc1CCNCCCCO. The third-order valence-corrected chi connectivity index (χ3v) is 2.21. The summed E-state index contributed by atoms with van der Waals surface area (Å²) in [4.78, 5) is 4.23. The molecule has 2 N–H and O–H groups in total. The fourth-order valence-corrected chi connectivity index (χ4v) is 1.32. The van der Waals surface area contributed by atoms with E-state index < -0.39 is 0 Å². The van der Waals surface area contributed by atoms with Gasteiger partial charge in [-0.25, -0.2) is 4.98 Å². The van der Waals surface area contributed by atoms with E-state index in [-0.39, 0.29) is 0 Å². The molecule has 0 bridgehead atoms. The number of aliphatic hydroxyl groups is 1. The summed E-state index contributed by atoms with van der Waals surface area (Å²) < 4.78 is 2.04. The molecule has 0 aliphatic heterocycles. The molecule has 0 fully saturated rings. The highest BCUT2D eigenvalue weighted by Crippen LogP contribution is 1.94. The molecule has 0 spiro atoms. The second-order valence-electron chi connectivity index (χ2n) is 3.39. The maximum absolute atomic E-state index is 8.57. The van der Waals surface area contributed by atoms with E-state index in [1.807, 2.05) is 24.0 Å². The van der Waals surface area contributed by atoms with Crippen LogP contribution in [0.15, 0.2) is 12.4 Å². The fraction of sp³-hybridized carbons (Fsp3) is 0.700. The number of imidazole rings is 1. The van der Waals surface area contributed by atoms with Crippen LogP contribution in [0.4, 0.5) is 0 Å². The van der Waals surface area contributed by atoms with Crippen molar-refractivity contribution in [3.05, 3.63) is 18.2 Å². The van der Waals surface area contributed by atoms with Gasteiger partial charge >= 0.3 is 0 Å². The Morgan fingerprint density at radius 1 is 1.43 bits per heavy atom. The van der Waals surface area contributed by atoms with E-state index in [0.29, 0.717) is 6.61 Å². The first-order chi connectivity index (χ1) is 6.84. The molecule has 80 valence electrons. The molecule has 0 aromatic carbocycles. The van der Waals surface area contributed by atoms with Crippen molar-refractivity contribution >= 4 is 0 Å². The first-order valence-corrected chi connectivity index (χ1v) is 5.12. The number of aryl methyl sites for hydroxylation is 1. The minimum absolute atomic E-state index is 0.293. The standard InChI is InChI=1S/C10H19N3O/c1-13-8-7-12-10(13)4-6-11-5-2-3-9-14/h7-8,11,14H,2-6,9H2,1H3. The van der Waals surface area contributed by atoms with Gasteiger partial charge in [-0.05, 0) is 19.4 Å². The second-order valence-corrected chi connectivity index (χ2v) is 3.39. The number of aliphatic hydroxyl groups excluding tert-OH is 1. The van der Waals surface area contributed by atoms with E-state index in [1.165, 1.54) is 0 Å². The molecule has 4 nitrogen and oxygen atoms in total. The van der Waals surface area contributed by atoms with Gasteiger partial charge in [-0.3, -0.25) is 0 Å². The minimum atomic E-state index is 0.293. The molecule has 0 aliphatic carbocycles. The Balaban J connectivity index is 2.02. The predicted octanol–water partition coefficient (Wildman–Crippen LogP) is 0.325. The van der Waals surface area contributed by atoms with Crippen molar-refractivity contribution in [2.45, 2.75) is 19.3 Å². The molecule has 4 heteroatoms.